The van der Waals surface area contributed by atoms with E-state index in [2.05, 4.69) is 20.8 Å². The highest BCUT2D eigenvalue weighted by Gasteiger charge is 2.08. The predicted octanol–water partition coefficient (Wildman–Crippen LogP) is 3.90. The molecule has 2 aromatic carbocycles. The van der Waals surface area contributed by atoms with Crippen molar-refractivity contribution in [3.05, 3.63) is 88.3 Å². The zero-order valence-corrected chi connectivity index (χ0v) is 15.9. The van der Waals surface area contributed by atoms with Crippen LogP contribution in [0.4, 0.5) is 10.2 Å². The fourth-order valence-electron chi connectivity index (χ4n) is 2.64. The normalized spacial score (nSPS) is 10.5. The Hall–Kier alpha value is -2.99. The summed E-state index contributed by atoms with van der Waals surface area (Å²) in [4.78, 5) is 12.1. The third-order valence-electron chi connectivity index (χ3n) is 4.17. The van der Waals surface area contributed by atoms with Crippen LogP contribution < -0.4 is 10.6 Å². The Kier molecular flexibility index (Phi) is 6.92. The number of hydrogen-bond donors (Lipinski definition) is 2. The minimum atomic E-state index is -0.278. The van der Waals surface area contributed by atoms with Gasteiger partial charge in [-0.3, -0.25) is 4.79 Å². The van der Waals surface area contributed by atoms with E-state index in [-0.39, 0.29) is 17.4 Å². The zero-order chi connectivity index (χ0) is 19.8. The Morgan fingerprint density at radius 2 is 1.71 bits per heavy atom. The molecule has 0 bridgehead atoms. The van der Waals surface area contributed by atoms with E-state index in [0.717, 1.165) is 5.56 Å². The smallest absolute Gasteiger partial charge is 0.271 e. The number of halogens is 2. The lowest BCUT2D eigenvalue weighted by atomic mass is 10.1. The van der Waals surface area contributed by atoms with Gasteiger partial charge in [0.2, 0.25) is 0 Å². The maximum absolute atomic E-state index is 13.6. The molecule has 1 heterocycles. The van der Waals surface area contributed by atoms with E-state index in [4.69, 9.17) is 11.6 Å². The van der Waals surface area contributed by atoms with Gasteiger partial charge >= 0.3 is 0 Å². The first-order valence-electron chi connectivity index (χ1n) is 8.95. The number of carbonyl (C=O) groups excluding carboxylic acids is 1. The van der Waals surface area contributed by atoms with Gasteiger partial charge in [-0.1, -0.05) is 41.9 Å². The van der Waals surface area contributed by atoms with Crippen molar-refractivity contribution < 1.29 is 9.18 Å². The van der Waals surface area contributed by atoms with Crippen LogP contribution in [0, 0.1) is 5.82 Å². The number of benzene rings is 2. The number of rotatable bonds is 8. The second-order valence-electron chi connectivity index (χ2n) is 6.20. The van der Waals surface area contributed by atoms with Crippen molar-refractivity contribution in [3.8, 4) is 0 Å². The molecule has 0 saturated heterocycles. The number of aromatic nitrogens is 2. The summed E-state index contributed by atoms with van der Waals surface area (Å²) in [6.45, 7) is 1.01. The molecule has 0 spiro atoms. The van der Waals surface area contributed by atoms with Gasteiger partial charge in [0, 0.05) is 18.1 Å². The second kappa shape index (κ2) is 9.80. The highest BCUT2D eigenvalue weighted by molar-refractivity contribution is 6.30. The summed E-state index contributed by atoms with van der Waals surface area (Å²) < 4.78 is 13.6. The molecule has 3 aromatic rings. The van der Waals surface area contributed by atoms with Gasteiger partial charge in [-0.05, 0) is 54.3 Å². The Bertz CT molecular complexity index is 916. The molecule has 0 aliphatic heterocycles. The summed E-state index contributed by atoms with van der Waals surface area (Å²) >= 11 is 5.85. The molecule has 0 unspecified atom stereocenters. The summed E-state index contributed by atoms with van der Waals surface area (Å²) in [5.41, 5.74) is 1.97. The van der Waals surface area contributed by atoms with Gasteiger partial charge in [-0.2, -0.15) is 0 Å². The number of anilines is 1. The van der Waals surface area contributed by atoms with Gasteiger partial charge in [0.1, 0.15) is 11.6 Å². The minimum absolute atomic E-state index is 0.221. The molecule has 2 N–H and O–H groups in total. The topological polar surface area (TPSA) is 66.9 Å². The van der Waals surface area contributed by atoms with Gasteiger partial charge < -0.3 is 10.6 Å². The average Bonchev–Trinajstić information content (AvgIpc) is 2.71. The van der Waals surface area contributed by atoms with Crippen LogP contribution in [-0.4, -0.2) is 29.2 Å². The van der Waals surface area contributed by atoms with E-state index in [1.54, 1.807) is 30.3 Å². The number of nitrogens with one attached hydrogen (secondary N) is 2. The number of nitrogens with zero attached hydrogens (tertiary/aromatic N) is 2. The van der Waals surface area contributed by atoms with Crippen LogP contribution in [0.2, 0.25) is 5.02 Å². The Morgan fingerprint density at radius 3 is 2.43 bits per heavy atom. The average molecular weight is 399 g/mol. The Labute approximate surface area is 168 Å². The van der Waals surface area contributed by atoms with Crippen LogP contribution in [0.25, 0.3) is 0 Å². The molecule has 0 aliphatic carbocycles. The van der Waals surface area contributed by atoms with E-state index < -0.39 is 0 Å². The third kappa shape index (κ3) is 5.76. The standard InChI is InChI=1S/C21H20ClFN4O/c22-17-7-5-15(6-8-17)11-13-25-21(28)19-9-10-20(27-26-19)24-14-12-16-3-1-2-4-18(16)23/h1-10H,11-14H2,(H,24,27)(H,25,28). The number of amides is 1. The van der Waals surface area contributed by atoms with Crippen molar-refractivity contribution in [3.63, 3.8) is 0 Å². The molecule has 0 atom stereocenters. The van der Waals surface area contributed by atoms with E-state index in [1.807, 2.05) is 24.3 Å². The van der Waals surface area contributed by atoms with Crippen LogP contribution in [0.3, 0.4) is 0 Å². The molecule has 5 nitrogen and oxygen atoms in total. The van der Waals surface area contributed by atoms with Crippen molar-refractivity contribution in [2.45, 2.75) is 12.8 Å². The van der Waals surface area contributed by atoms with Crippen LogP contribution in [0.5, 0.6) is 0 Å². The van der Waals surface area contributed by atoms with E-state index in [1.165, 1.54) is 6.07 Å². The minimum Gasteiger partial charge on any atom is -0.368 e. The summed E-state index contributed by atoms with van der Waals surface area (Å²) in [5.74, 6) is 0.0365. The van der Waals surface area contributed by atoms with Crippen molar-refractivity contribution in [1.82, 2.24) is 15.5 Å². The first-order valence-corrected chi connectivity index (χ1v) is 9.33. The first kappa shape index (κ1) is 19.8. The number of carbonyl (C=O) groups is 1. The molecule has 28 heavy (non-hydrogen) atoms. The van der Waals surface area contributed by atoms with Crippen LogP contribution in [0.1, 0.15) is 21.6 Å². The molecular weight excluding hydrogens is 379 g/mol. The van der Waals surface area contributed by atoms with Crippen LogP contribution in [-0.2, 0) is 12.8 Å². The first-order chi connectivity index (χ1) is 13.6. The fraction of sp³-hybridized carbons (Fsp3) is 0.190. The summed E-state index contributed by atoms with van der Waals surface area (Å²) in [6, 6.07) is 17.4. The van der Waals surface area contributed by atoms with Crippen LogP contribution >= 0.6 is 11.6 Å². The largest absolute Gasteiger partial charge is 0.368 e. The maximum Gasteiger partial charge on any atom is 0.271 e. The maximum atomic E-state index is 13.6. The lowest BCUT2D eigenvalue weighted by Crippen LogP contribution is -2.26. The zero-order valence-electron chi connectivity index (χ0n) is 15.2. The third-order valence-corrected chi connectivity index (χ3v) is 4.42. The molecule has 0 saturated carbocycles. The molecule has 144 valence electrons. The molecule has 1 amide bonds. The van der Waals surface area contributed by atoms with Gasteiger partial charge in [0.05, 0.1) is 0 Å². The monoisotopic (exact) mass is 398 g/mol. The second-order valence-corrected chi connectivity index (χ2v) is 6.64. The number of hydrogen-bond acceptors (Lipinski definition) is 4. The van der Waals surface area contributed by atoms with Crippen LogP contribution in [0.15, 0.2) is 60.7 Å². The molecule has 1 aromatic heterocycles. The Balaban J connectivity index is 1.43. The Morgan fingerprint density at radius 1 is 0.929 bits per heavy atom. The molecule has 0 aliphatic rings. The summed E-state index contributed by atoms with van der Waals surface area (Å²) in [5, 5.41) is 14.5. The van der Waals surface area contributed by atoms with Gasteiger partial charge in [-0.15, -0.1) is 10.2 Å². The van der Waals surface area contributed by atoms with Gasteiger partial charge in [0.25, 0.3) is 5.91 Å². The van der Waals surface area contributed by atoms with Crippen molar-refractivity contribution in [2.24, 2.45) is 0 Å². The quantitative estimate of drug-likeness (QED) is 0.604. The predicted molar refractivity (Wildman–Crippen MR) is 108 cm³/mol. The summed E-state index contributed by atoms with van der Waals surface area (Å²) in [6.07, 6.45) is 1.23. The molecule has 3 rings (SSSR count). The molecule has 0 radical (unpaired) electrons. The van der Waals surface area contributed by atoms with Gasteiger partial charge in [0.15, 0.2) is 5.69 Å². The van der Waals surface area contributed by atoms with E-state index >= 15 is 0 Å². The van der Waals surface area contributed by atoms with E-state index in [0.29, 0.717) is 42.3 Å². The van der Waals surface area contributed by atoms with Crippen molar-refractivity contribution in [2.75, 3.05) is 18.4 Å². The highest BCUT2D eigenvalue weighted by atomic mass is 35.5. The van der Waals surface area contributed by atoms with Crippen molar-refractivity contribution in [1.29, 1.82) is 0 Å². The highest BCUT2D eigenvalue weighted by Crippen LogP contribution is 2.10. The fourth-order valence-corrected chi connectivity index (χ4v) is 2.76. The molecule has 7 heteroatoms. The lowest BCUT2D eigenvalue weighted by molar-refractivity contribution is 0.0948. The lowest BCUT2D eigenvalue weighted by Gasteiger charge is -2.07. The van der Waals surface area contributed by atoms with E-state index in [9.17, 15) is 9.18 Å². The SMILES string of the molecule is O=C(NCCc1ccc(Cl)cc1)c1ccc(NCCc2ccccc2F)nn1. The molecule has 0 fully saturated rings. The van der Waals surface area contributed by atoms with Gasteiger partial charge in [-0.25, -0.2) is 4.39 Å². The van der Waals surface area contributed by atoms with Crippen molar-refractivity contribution >= 4 is 23.3 Å². The summed E-state index contributed by atoms with van der Waals surface area (Å²) in [7, 11) is 0. The molecular formula is C21H20ClFN4O.